The van der Waals surface area contributed by atoms with Crippen molar-refractivity contribution >= 4 is 17.3 Å². The van der Waals surface area contributed by atoms with Crippen LogP contribution in [0.1, 0.15) is 48.7 Å². The third-order valence-corrected chi connectivity index (χ3v) is 3.26. The fourth-order valence-electron chi connectivity index (χ4n) is 2.06. The SMILES string of the molecule is CC.CCCONC(=O)c1ccc(C#N)cc1Nc1ccc(C)cc1F. The first-order valence-corrected chi connectivity index (χ1v) is 8.54. The van der Waals surface area contributed by atoms with Crippen LogP contribution in [0.25, 0.3) is 0 Å². The Balaban J connectivity index is 0.00000163. The second kappa shape index (κ2) is 10.9. The molecule has 0 aliphatic carbocycles. The van der Waals surface area contributed by atoms with Crippen LogP contribution in [0.4, 0.5) is 15.8 Å². The Morgan fingerprint density at radius 3 is 2.54 bits per heavy atom. The number of nitriles is 1. The molecular weight excluding hydrogens is 333 g/mol. The first kappa shape index (κ1) is 21.1. The normalized spacial score (nSPS) is 9.54. The van der Waals surface area contributed by atoms with E-state index in [-0.39, 0.29) is 11.3 Å². The number of hydroxylamine groups is 1. The zero-order valence-electron chi connectivity index (χ0n) is 15.5. The number of carbonyl (C=O) groups excluding carboxylic acids is 1. The summed E-state index contributed by atoms with van der Waals surface area (Å²) < 4.78 is 14.0. The van der Waals surface area contributed by atoms with E-state index in [9.17, 15) is 9.18 Å². The van der Waals surface area contributed by atoms with Crippen molar-refractivity contribution in [2.45, 2.75) is 34.1 Å². The summed E-state index contributed by atoms with van der Waals surface area (Å²) in [7, 11) is 0. The predicted molar refractivity (Wildman–Crippen MR) is 101 cm³/mol. The Hall–Kier alpha value is -2.91. The summed E-state index contributed by atoms with van der Waals surface area (Å²) in [4.78, 5) is 17.3. The highest BCUT2D eigenvalue weighted by Gasteiger charge is 2.14. The van der Waals surface area contributed by atoms with E-state index in [1.54, 1.807) is 19.1 Å². The molecule has 0 aromatic heterocycles. The Morgan fingerprint density at radius 1 is 1.19 bits per heavy atom. The van der Waals surface area contributed by atoms with Crippen LogP contribution in [-0.2, 0) is 4.84 Å². The molecule has 26 heavy (non-hydrogen) atoms. The fraction of sp³-hybridized carbons (Fsp3) is 0.300. The smallest absolute Gasteiger partial charge is 0.276 e. The summed E-state index contributed by atoms with van der Waals surface area (Å²) in [5.41, 5.74) is 4.28. The van der Waals surface area contributed by atoms with E-state index in [1.165, 1.54) is 24.3 Å². The van der Waals surface area contributed by atoms with Gasteiger partial charge in [0.25, 0.3) is 5.91 Å². The van der Waals surface area contributed by atoms with Crippen LogP contribution in [0.2, 0.25) is 0 Å². The van der Waals surface area contributed by atoms with Gasteiger partial charge in [-0.05, 0) is 49.2 Å². The highest BCUT2D eigenvalue weighted by molar-refractivity contribution is 6.00. The van der Waals surface area contributed by atoms with Gasteiger partial charge in [0.1, 0.15) is 5.82 Å². The molecule has 0 aliphatic rings. The zero-order chi connectivity index (χ0) is 19.5. The standard InChI is InChI=1S/C18H18FN3O2.C2H6/c1-3-8-24-22-18(23)14-6-5-13(11-20)10-17(14)21-16-7-4-12(2)9-15(16)19;1-2/h4-7,9-10,21H,3,8H2,1-2H3,(H,22,23);1-2H3. The van der Waals surface area contributed by atoms with Crippen LogP contribution >= 0.6 is 0 Å². The van der Waals surface area contributed by atoms with Crippen molar-refractivity contribution in [1.29, 1.82) is 5.26 Å². The van der Waals surface area contributed by atoms with E-state index in [1.807, 2.05) is 26.8 Å². The maximum Gasteiger partial charge on any atom is 0.276 e. The lowest BCUT2D eigenvalue weighted by molar-refractivity contribution is 0.0316. The van der Waals surface area contributed by atoms with Crippen LogP contribution in [0.15, 0.2) is 36.4 Å². The Bertz CT molecular complexity index is 785. The van der Waals surface area contributed by atoms with Gasteiger partial charge in [-0.1, -0.05) is 26.8 Å². The highest BCUT2D eigenvalue weighted by atomic mass is 19.1. The molecule has 0 aliphatic heterocycles. The van der Waals surface area contributed by atoms with Gasteiger partial charge in [-0.2, -0.15) is 5.26 Å². The van der Waals surface area contributed by atoms with Gasteiger partial charge in [0.2, 0.25) is 0 Å². The first-order chi connectivity index (χ1) is 12.5. The number of nitrogens with one attached hydrogen (secondary N) is 2. The van der Waals surface area contributed by atoms with E-state index in [2.05, 4.69) is 10.8 Å². The van der Waals surface area contributed by atoms with E-state index in [0.717, 1.165) is 12.0 Å². The lowest BCUT2D eigenvalue weighted by Crippen LogP contribution is -2.25. The number of hydrogen-bond acceptors (Lipinski definition) is 4. The molecule has 0 unspecified atom stereocenters. The third kappa shape index (κ3) is 5.87. The number of nitrogens with zero attached hydrogens (tertiary/aromatic N) is 1. The van der Waals surface area contributed by atoms with Gasteiger partial charge in [0.05, 0.1) is 35.2 Å². The summed E-state index contributed by atoms with van der Waals surface area (Å²) in [6.07, 6.45) is 0.757. The summed E-state index contributed by atoms with van der Waals surface area (Å²) in [6.45, 7) is 8.09. The van der Waals surface area contributed by atoms with Crippen molar-refractivity contribution in [2.75, 3.05) is 11.9 Å². The molecule has 138 valence electrons. The lowest BCUT2D eigenvalue weighted by atomic mass is 10.1. The number of hydrogen-bond donors (Lipinski definition) is 2. The Labute approximate surface area is 153 Å². The second-order valence-corrected chi connectivity index (χ2v) is 5.26. The molecular formula is C20H24FN3O2. The van der Waals surface area contributed by atoms with Crippen LogP contribution in [0.3, 0.4) is 0 Å². The summed E-state index contributed by atoms with van der Waals surface area (Å²) >= 11 is 0. The minimum absolute atomic E-state index is 0.221. The van der Waals surface area contributed by atoms with Crippen molar-refractivity contribution in [3.63, 3.8) is 0 Å². The van der Waals surface area contributed by atoms with E-state index >= 15 is 0 Å². The summed E-state index contributed by atoms with van der Waals surface area (Å²) in [5, 5.41) is 11.9. The van der Waals surface area contributed by atoms with E-state index in [0.29, 0.717) is 17.9 Å². The highest BCUT2D eigenvalue weighted by Crippen LogP contribution is 2.25. The molecule has 0 saturated carbocycles. The minimum atomic E-state index is -0.469. The molecule has 1 amide bonds. The van der Waals surface area contributed by atoms with Crippen LogP contribution in [0, 0.1) is 24.1 Å². The first-order valence-electron chi connectivity index (χ1n) is 8.54. The average Bonchev–Trinajstić information content (AvgIpc) is 2.65. The largest absolute Gasteiger partial charge is 0.352 e. The van der Waals surface area contributed by atoms with Crippen LogP contribution < -0.4 is 10.8 Å². The molecule has 2 rings (SSSR count). The minimum Gasteiger partial charge on any atom is -0.352 e. The summed E-state index contributed by atoms with van der Waals surface area (Å²) in [5.74, 6) is -0.908. The molecule has 5 nitrogen and oxygen atoms in total. The van der Waals surface area contributed by atoms with Crippen molar-refractivity contribution in [1.82, 2.24) is 5.48 Å². The van der Waals surface area contributed by atoms with Crippen molar-refractivity contribution in [3.05, 3.63) is 58.9 Å². The monoisotopic (exact) mass is 357 g/mol. The predicted octanol–water partition coefficient (Wildman–Crippen LogP) is 4.85. The molecule has 0 bridgehead atoms. The van der Waals surface area contributed by atoms with E-state index < -0.39 is 11.7 Å². The molecule has 0 fully saturated rings. The number of halogens is 1. The van der Waals surface area contributed by atoms with Gasteiger partial charge in [-0.3, -0.25) is 9.63 Å². The van der Waals surface area contributed by atoms with Gasteiger partial charge in [0, 0.05) is 0 Å². The number of benzene rings is 2. The lowest BCUT2D eigenvalue weighted by Gasteiger charge is -2.13. The fourth-order valence-corrected chi connectivity index (χ4v) is 2.06. The summed E-state index contributed by atoms with van der Waals surface area (Å²) in [6, 6.07) is 11.2. The van der Waals surface area contributed by atoms with Crippen molar-refractivity contribution in [2.24, 2.45) is 0 Å². The maximum absolute atomic E-state index is 14.0. The Kier molecular flexibility index (Phi) is 8.82. The van der Waals surface area contributed by atoms with Gasteiger partial charge >= 0.3 is 0 Å². The van der Waals surface area contributed by atoms with E-state index in [4.69, 9.17) is 10.1 Å². The van der Waals surface area contributed by atoms with Gasteiger partial charge in [-0.15, -0.1) is 0 Å². The van der Waals surface area contributed by atoms with Gasteiger partial charge < -0.3 is 5.32 Å². The molecule has 0 heterocycles. The molecule has 2 aromatic rings. The molecule has 2 aromatic carbocycles. The van der Waals surface area contributed by atoms with Gasteiger partial charge in [0.15, 0.2) is 0 Å². The van der Waals surface area contributed by atoms with Crippen molar-refractivity contribution < 1.29 is 14.0 Å². The zero-order valence-corrected chi connectivity index (χ0v) is 15.5. The number of rotatable bonds is 6. The molecule has 6 heteroatoms. The Morgan fingerprint density at radius 2 is 1.92 bits per heavy atom. The molecule has 0 atom stereocenters. The number of aryl methyl sites for hydroxylation is 1. The van der Waals surface area contributed by atoms with Crippen LogP contribution in [-0.4, -0.2) is 12.5 Å². The maximum atomic E-state index is 14.0. The number of amides is 1. The second-order valence-electron chi connectivity index (χ2n) is 5.26. The average molecular weight is 357 g/mol. The quantitative estimate of drug-likeness (QED) is 0.573. The molecule has 0 spiro atoms. The number of anilines is 2. The number of carbonyl (C=O) groups is 1. The molecule has 0 radical (unpaired) electrons. The molecule has 0 saturated heterocycles. The topological polar surface area (TPSA) is 74.1 Å². The van der Waals surface area contributed by atoms with Crippen molar-refractivity contribution in [3.8, 4) is 6.07 Å². The third-order valence-electron chi connectivity index (χ3n) is 3.26. The molecule has 2 N–H and O–H groups in total. The van der Waals surface area contributed by atoms with Gasteiger partial charge in [-0.25, -0.2) is 9.87 Å². The van der Waals surface area contributed by atoms with Crippen LogP contribution in [0.5, 0.6) is 0 Å².